The van der Waals surface area contributed by atoms with Crippen LogP contribution in [-0.4, -0.2) is 42.0 Å². The minimum Gasteiger partial charge on any atom is -0.497 e. The second-order valence-electron chi connectivity index (χ2n) is 6.09. The lowest BCUT2D eigenvalue weighted by Gasteiger charge is -2.32. The van der Waals surface area contributed by atoms with Gasteiger partial charge in [0.05, 0.1) is 7.11 Å². The number of nitrogens with zero attached hydrogens (tertiary/aromatic N) is 2. The molecule has 2 aromatic rings. The molecule has 1 saturated heterocycles. The summed E-state index contributed by atoms with van der Waals surface area (Å²) >= 11 is 0. The van der Waals surface area contributed by atoms with Gasteiger partial charge in [0.1, 0.15) is 5.75 Å². The smallest absolute Gasteiger partial charge is 0.246 e. The molecule has 0 radical (unpaired) electrons. The topological polar surface area (TPSA) is 54.5 Å². The number of rotatable bonds is 5. The quantitative estimate of drug-likeness (QED) is 0.851. The van der Waals surface area contributed by atoms with Crippen LogP contribution in [0.1, 0.15) is 18.4 Å². The van der Waals surface area contributed by atoms with Crippen molar-refractivity contribution in [2.75, 3.05) is 25.5 Å². The molecule has 1 aliphatic heterocycles. The highest BCUT2D eigenvalue weighted by Crippen LogP contribution is 2.21. The summed E-state index contributed by atoms with van der Waals surface area (Å²) in [4.78, 5) is 18.2. The Bertz CT molecular complexity index is 723. The largest absolute Gasteiger partial charge is 0.497 e. The lowest BCUT2D eigenvalue weighted by molar-refractivity contribution is -0.126. The van der Waals surface area contributed by atoms with Crippen LogP contribution in [0.4, 0.5) is 5.69 Å². The van der Waals surface area contributed by atoms with Crippen molar-refractivity contribution in [2.45, 2.75) is 18.9 Å². The van der Waals surface area contributed by atoms with Crippen LogP contribution >= 0.6 is 0 Å². The molecule has 0 bridgehead atoms. The van der Waals surface area contributed by atoms with Crippen molar-refractivity contribution in [1.82, 2.24) is 9.88 Å². The molecule has 25 heavy (non-hydrogen) atoms. The third-order valence-electron chi connectivity index (χ3n) is 4.37. The number of hydrogen-bond acceptors (Lipinski definition) is 4. The van der Waals surface area contributed by atoms with Gasteiger partial charge in [-0.2, -0.15) is 0 Å². The Balaban J connectivity index is 1.49. The summed E-state index contributed by atoms with van der Waals surface area (Å²) in [7, 11) is 1.67. The van der Waals surface area contributed by atoms with E-state index < -0.39 is 0 Å². The molecule has 5 heteroatoms. The first kappa shape index (κ1) is 17.0. The minimum atomic E-state index is 0.0663. The third kappa shape index (κ3) is 4.83. The van der Waals surface area contributed by atoms with Gasteiger partial charge in [0, 0.05) is 49.4 Å². The second-order valence-corrected chi connectivity index (χ2v) is 6.09. The lowest BCUT2D eigenvalue weighted by atomic mass is 10.0. The highest BCUT2D eigenvalue weighted by Gasteiger charge is 2.21. The van der Waals surface area contributed by atoms with Gasteiger partial charge in [-0.1, -0.05) is 6.07 Å². The fourth-order valence-corrected chi connectivity index (χ4v) is 2.94. The summed E-state index contributed by atoms with van der Waals surface area (Å²) in [6.45, 7) is 1.53. The average Bonchev–Trinajstić information content (AvgIpc) is 2.67. The number of piperidine rings is 1. The number of nitrogens with one attached hydrogen (secondary N) is 1. The number of likely N-dealkylation sites (tertiary alicyclic amines) is 1. The molecule has 1 aromatic carbocycles. The maximum Gasteiger partial charge on any atom is 0.246 e. The Morgan fingerprint density at radius 3 is 2.72 bits per heavy atom. The number of hydrogen-bond donors (Lipinski definition) is 1. The molecular formula is C20H23N3O2. The van der Waals surface area contributed by atoms with E-state index in [0.717, 1.165) is 42.9 Å². The maximum absolute atomic E-state index is 12.3. The third-order valence-corrected chi connectivity index (χ3v) is 4.37. The van der Waals surface area contributed by atoms with E-state index in [-0.39, 0.29) is 5.91 Å². The Morgan fingerprint density at radius 2 is 2.00 bits per heavy atom. The monoisotopic (exact) mass is 337 g/mol. The summed E-state index contributed by atoms with van der Waals surface area (Å²) in [5, 5.41) is 3.53. The van der Waals surface area contributed by atoms with Crippen LogP contribution in [0.2, 0.25) is 0 Å². The number of carbonyl (C=O) groups is 1. The number of benzene rings is 1. The second kappa shape index (κ2) is 8.33. The standard InChI is InChI=1S/C20H23N3O2/c1-25-19-4-2-3-18(15-19)22-17-9-13-23(14-10-17)20(24)6-5-16-7-11-21-12-8-16/h2-8,11-12,15,17,22H,9-10,13-14H2,1H3/b6-5-. The molecule has 130 valence electrons. The molecule has 1 aliphatic rings. The molecule has 1 N–H and O–H groups in total. The van der Waals surface area contributed by atoms with Crippen LogP contribution in [0.5, 0.6) is 5.75 Å². The van der Waals surface area contributed by atoms with E-state index in [1.54, 1.807) is 25.6 Å². The molecule has 0 atom stereocenters. The van der Waals surface area contributed by atoms with Gasteiger partial charge in [0.15, 0.2) is 0 Å². The van der Waals surface area contributed by atoms with Gasteiger partial charge in [-0.05, 0) is 48.7 Å². The first-order valence-corrected chi connectivity index (χ1v) is 8.52. The molecule has 1 aromatic heterocycles. The zero-order valence-corrected chi connectivity index (χ0v) is 14.4. The molecule has 0 spiro atoms. The minimum absolute atomic E-state index is 0.0663. The Labute approximate surface area is 148 Å². The van der Waals surface area contributed by atoms with Gasteiger partial charge in [-0.15, -0.1) is 0 Å². The molecular weight excluding hydrogens is 314 g/mol. The number of aromatic nitrogens is 1. The van der Waals surface area contributed by atoms with Crippen LogP contribution in [0, 0.1) is 0 Å². The van der Waals surface area contributed by atoms with Gasteiger partial charge in [-0.3, -0.25) is 9.78 Å². The van der Waals surface area contributed by atoms with Crippen LogP contribution in [0.3, 0.4) is 0 Å². The van der Waals surface area contributed by atoms with Gasteiger partial charge in [0.2, 0.25) is 5.91 Å². The Kier molecular flexibility index (Phi) is 5.67. The number of methoxy groups -OCH3 is 1. The number of amides is 1. The Hall–Kier alpha value is -2.82. The van der Waals surface area contributed by atoms with Crippen LogP contribution in [-0.2, 0) is 4.79 Å². The van der Waals surface area contributed by atoms with Crippen molar-refractivity contribution in [3.63, 3.8) is 0 Å². The van der Waals surface area contributed by atoms with Gasteiger partial charge >= 0.3 is 0 Å². The molecule has 5 nitrogen and oxygen atoms in total. The van der Waals surface area contributed by atoms with Gasteiger partial charge < -0.3 is 15.0 Å². The van der Waals surface area contributed by atoms with E-state index >= 15 is 0 Å². The van der Waals surface area contributed by atoms with E-state index in [4.69, 9.17) is 4.74 Å². The van der Waals surface area contributed by atoms with Gasteiger partial charge in [0.25, 0.3) is 0 Å². The lowest BCUT2D eigenvalue weighted by Crippen LogP contribution is -2.41. The van der Waals surface area contributed by atoms with E-state index in [0.29, 0.717) is 6.04 Å². The predicted octanol–water partition coefficient (Wildman–Crippen LogP) is 3.21. The van der Waals surface area contributed by atoms with Crippen molar-refractivity contribution in [3.05, 3.63) is 60.4 Å². The zero-order valence-electron chi connectivity index (χ0n) is 14.4. The molecule has 0 unspecified atom stereocenters. The normalized spacial score (nSPS) is 15.3. The van der Waals surface area contributed by atoms with Crippen molar-refractivity contribution in [1.29, 1.82) is 0 Å². The maximum atomic E-state index is 12.3. The Morgan fingerprint density at radius 1 is 1.24 bits per heavy atom. The molecule has 0 aliphatic carbocycles. The first-order chi connectivity index (χ1) is 12.2. The molecule has 0 saturated carbocycles. The zero-order chi connectivity index (χ0) is 17.5. The van der Waals surface area contributed by atoms with E-state index in [1.807, 2.05) is 47.4 Å². The summed E-state index contributed by atoms with van der Waals surface area (Å²) in [6.07, 6.45) is 8.80. The summed E-state index contributed by atoms with van der Waals surface area (Å²) in [5.74, 6) is 0.913. The molecule has 3 rings (SSSR count). The molecule has 1 amide bonds. The number of anilines is 1. The molecule has 1 fully saturated rings. The summed E-state index contributed by atoms with van der Waals surface area (Å²) in [6, 6.07) is 12.1. The van der Waals surface area contributed by atoms with Crippen LogP contribution in [0.15, 0.2) is 54.9 Å². The summed E-state index contributed by atoms with van der Waals surface area (Å²) in [5.41, 5.74) is 2.04. The van der Waals surface area contributed by atoms with E-state index in [1.165, 1.54) is 0 Å². The van der Waals surface area contributed by atoms with Crippen molar-refractivity contribution in [2.24, 2.45) is 0 Å². The highest BCUT2D eigenvalue weighted by molar-refractivity contribution is 5.91. The SMILES string of the molecule is COc1cccc(NC2CCN(C(=O)/C=C\c3ccncc3)CC2)c1. The van der Waals surface area contributed by atoms with Crippen LogP contribution in [0.25, 0.3) is 6.08 Å². The van der Waals surface area contributed by atoms with Crippen molar-refractivity contribution >= 4 is 17.7 Å². The highest BCUT2D eigenvalue weighted by atomic mass is 16.5. The summed E-state index contributed by atoms with van der Waals surface area (Å²) < 4.78 is 5.25. The number of carbonyl (C=O) groups excluding carboxylic acids is 1. The predicted molar refractivity (Wildman–Crippen MR) is 99.5 cm³/mol. The average molecular weight is 337 g/mol. The molecule has 2 heterocycles. The number of pyridine rings is 1. The number of ether oxygens (including phenoxy) is 1. The fourth-order valence-electron chi connectivity index (χ4n) is 2.94. The van der Waals surface area contributed by atoms with E-state index in [9.17, 15) is 4.79 Å². The van der Waals surface area contributed by atoms with E-state index in [2.05, 4.69) is 10.3 Å². The van der Waals surface area contributed by atoms with Crippen molar-refractivity contribution in [3.8, 4) is 5.75 Å². The van der Waals surface area contributed by atoms with Crippen LogP contribution < -0.4 is 10.1 Å². The fraction of sp³-hybridized carbons (Fsp3) is 0.300. The first-order valence-electron chi connectivity index (χ1n) is 8.52. The van der Waals surface area contributed by atoms with Crippen molar-refractivity contribution < 1.29 is 9.53 Å². The van der Waals surface area contributed by atoms with Gasteiger partial charge in [-0.25, -0.2) is 0 Å².